The van der Waals surface area contributed by atoms with E-state index < -0.39 is 5.91 Å². The Bertz CT molecular complexity index is 824. The largest absolute Gasteiger partial charge is 0.366 e. The molecule has 1 aliphatic heterocycles. The molecule has 3 amide bonds. The molecule has 3 rings (SSSR count). The number of hydrogen-bond acceptors (Lipinski definition) is 3. The molecule has 1 aliphatic rings. The Hall–Kier alpha value is -3.15. The SMILES string of the molecule is NC(=O)c1ccc(C(=O)Nc2ccccc2C(=O)N2CCCCC2)cc1. The number of anilines is 1. The zero-order valence-corrected chi connectivity index (χ0v) is 14.4. The summed E-state index contributed by atoms with van der Waals surface area (Å²) >= 11 is 0. The number of primary amides is 1. The quantitative estimate of drug-likeness (QED) is 0.887. The Morgan fingerprint density at radius 3 is 2.12 bits per heavy atom. The van der Waals surface area contributed by atoms with Crippen LogP contribution in [0.15, 0.2) is 48.5 Å². The summed E-state index contributed by atoms with van der Waals surface area (Å²) in [6.45, 7) is 1.49. The van der Waals surface area contributed by atoms with Gasteiger partial charge in [-0.1, -0.05) is 12.1 Å². The number of nitrogens with one attached hydrogen (secondary N) is 1. The Labute approximate surface area is 152 Å². The molecular weight excluding hydrogens is 330 g/mol. The lowest BCUT2D eigenvalue weighted by molar-refractivity contribution is 0.0725. The molecule has 1 heterocycles. The number of hydrogen-bond donors (Lipinski definition) is 2. The van der Waals surface area contributed by atoms with Crippen molar-refractivity contribution >= 4 is 23.4 Å². The van der Waals surface area contributed by atoms with Gasteiger partial charge in [-0.25, -0.2) is 0 Å². The van der Waals surface area contributed by atoms with E-state index in [0.717, 1.165) is 32.4 Å². The number of likely N-dealkylation sites (tertiary alicyclic amines) is 1. The van der Waals surface area contributed by atoms with Gasteiger partial charge in [0.2, 0.25) is 5.91 Å². The first-order valence-electron chi connectivity index (χ1n) is 8.66. The number of nitrogens with two attached hydrogens (primary N) is 1. The van der Waals surface area contributed by atoms with Crippen LogP contribution < -0.4 is 11.1 Å². The van der Waals surface area contributed by atoms with Crippen molar-refractivity contribution in [2.45, 2.75) is 19.3 Å². The first-order chi connectivity index (χ1) is 12.6. The minimum Gasteiger partial charge on any atom is -0.366 e. The highest BCUT2D eigenvalue weighted by Crippen LogP contribution is 2.21. The number of benzene rings is 2. The predicted molar refractivity (Wildman–Crippen MR) is 99.1 cm³/mol. The zero-order chi connectivity index (χ0) is 18.5. The molecule has 2 aromatic rings. The van der Waals surface area contributed by atoms with Gasteiger partial charge in [-0.3, -0.25) is 14.4 Å². The maximum absolute atomic E-state index is 12.8. The van der Waals surface area contributed by atoms with Gasteiger partial charge >= 0.3 is 0 Å². The second-order valence-corrected chi connectivity index (χ2v) is 6.29. The average molecular weight is 351 g/mol. The lowest BCUT2D eigenvalue weighted by atomic mass is 10.1. The Morgan fingerprint density at radius 1 is 0.846 bits per heavy atom. The second kappa shape index (κ2) is 7.82. The van der Waals surface area contributed by atoms with E-state index in [-0.39, 0.29) is 11.8 Å². The van der Waals surface area contributed by atoms with Crippen LogP contribution in [0.4, 0.5) is 5.69 Å². The van der Waals surface area contributed by atoms with Gasteiger partial charge < -0.3 is 16.0 Å². The van der Waals surface area contributed by atoms with E-state index in [1.165, 1.54) is 24.3 Å². The van der Waals surface area contributed by atoms with E-state index in [9.17, 15) is 14.4 Å². The molecule has 0 saturated carbocycles. The van der Waals surface area contributed by atoms with Crippen molar-refractivity contribution in [3.05, 3.63) is 65.2 Å². The number of carbonyl (C=O) groups excluding carboxylic acids is 3. The van der Waals surface area contributed by atoms with E-state index in [2.05, 4.69) is 5.32 Å². The molecule has 0 atom stereocenters. The molecule has 134 valence electrons. The van der Waals surface area contributed by atoms with E-state index >= 15 is 0 Å². The Balaban J connectivity index is 1.78. The maximum atomic E-state index is 12.8. The first-order valence-corrected chi connectivity index (χ1v) is 8.66. The highest BCUT2D eigenvalue weighted by atomic mass is 16.2. The van der Waals surface area contributed by atoms with Gasteiger partial charge in [0.25, 0.3) is 11.8 Å². The number of para-hydroxylation sites is 1. The van der Waals surface area contributed by atoms with Crippen LogP contribution in [0.25, 0.3) is 0 Å². The number of amides is 3. The van der Waals surface area contributed by atoms with E-state index in [0.29, 0.717) is 22.4 Å². The fraction of sp³-hybridized carbons (Fsp3) is 0.250. The molecule has 3 N–H and O–H groups in total. The number of nitrogens with zero attached hydrogens (tertiary/aromatic N) is 1. The van der Waals surface area contributed by atoms with Crippen LogP contribution in [-0.4, -0.2) is 35.7 Å². The van der Waals surface area contributed by atoms with E-state index in [1.807, 2.05) is 4.90 Å². The normalized spacial score (nSPS) is 13.9. The van der Waals surface area contributed by atoms with Crippen molar-refractivity contribution in [1.29, 1.82) is 0 Å². The lowest BCUT2D eigenvalue weighted by Gasteiger charge is -2.27. The van der Waals surface area contributed by atoms with Gasteiger partial charge in [-0.05, 0) is 55.7 Å². The highest BCUT2D eigenvalue weighted by Gasteiger charge is 2.21. The molecular formula is C20H21N3O3. The standard InChI is InChI=1S/C20H21N3O3/c21-18(24)14-8-10-15(11-9-14)19(25)22-17-7-3-2-6-16(17)20(26)23-12-4-1-5-13-23/h2-3,6-11H,1,4-5,12-13H2,(H2,21,24)(H,22,25). The number of carbonyl (C=O) groups is 3. The van der Waals surface area contributed by atoms with Crippen molar-refractivity contribution in [3.8, 4) is 0 Å². The summed E-state index contributed by atoms with van der Waals surface area (Å²) in [7, 11) is 0. The molecule has 0 bridgehead atoms. The summed E-state index contributed by atoms with van der Waals surface area (Å²) in [4.78, 5) is 38.2. The monoisotopic (exact) mass is 351 g/mol. The van der Waals surface area contributed by atoms with Crippen molar-refractivity contribution in [2.75, 3.05) is 18.4 Å². The summed E-state index contributed by atoms with van der Waals surface area (Å²) in [5.74, 6) is -0.959. The fourth-order valence-corrected chi connectivity index (χ4v) is 3.03. The molecule has 6 heteroatoms. The van der Waals surface area contributed by atoms with E-state index in [4.69, 9.17) is 5.73 Å². The second-order valence-electron chi connectivity index (χ2n) is 6.29. The topological polar surface area (TPSA) is 92.5 Å². The van der Waals surface area contributed by atoms with Gasteiger partial charge in [-0.2, -0.15) is 0 Å². The van der Waals surface area contributed by atoms with Crippen molar-refractivity contribution < 1.29 is 14.4 Å². The zero-order valence-electron chi connectivity index (χ0n) is 14.4. The summed E-state index contributed by atoms with van der Waals surface area (Å²) in [6.07, 6.45) is 3.16. The number of rotatable bonds is 4. The molecule has 2 aromatic carbocycles. The molecule has 26 heavy (non-hydrogen) atoms. The van der Waals surface area contributed by atoms with Crippen molar-refractivity contribution in [2.24, 2.45) is 5.73 Å². The van der Waals surface area contributed by atoms with Crippen LogP contribution in [0, 0.1) is 0 Å². The summed E-state index contributed by atoms with van der Waals surface area (Å²) in [6, 6.07) is 13.1. The molecule has 1 fully saturated rings. The predicted octanol–water partition coefficient (Wildman–Crippen LogP) is 2.66. The smallest absolute Gasteiger partial charge is 0.255 e. The fourth-order valence-electron chi connectivity index (χ4n) is 3.03. The Kier molecular flexibility index (Phi) is 5.31. The van der Waals surface area contributed by atoms with Crippen LogP contribution in [0.5, 0.6) is 0 Å². The Morgan fingerprint density at radius 2 is 1.46 bits per heavy atom. The van der Waals surface area contributed by atoms with Gasteiger partial charge in [-0.15, -0.1) is 0 Å². The van der Waals surface area contributed by atoms with Crippen LogP contribution >= 0.6 is 0 Å². The number of piperidine rings is 1. The van der Waals surface area contributed by atoms with E-state index in [1.54, 1.807) is 24.3 Å². The molecule has 0 spiro atoms. The van der Waals surface area contributed by atoms with Crippen LogP contribution in [-0.2, 0) is 0 Å². The first kappa shape index (κ1) is 17.7. The summed E-state index contributed by atoms with van der Waals surface area (Å²) in [5.41, 5.74) is 6.89. The molecule has 0 unspecified atom stereocenters. The van der Waals surface area contributed by atoms with Gasteiger partial charge in [0.15, 0.2) is 0 Å². The van der Waals surface area contributed by atoms with Crippen LogP contribution in [0.3, 0.4) is 0 Å². The van der Waals surface area contributed by atoms with Crippen molar-refractivity contribution in [1.82, 2.24) is 4.90 Å². The summed E-state index contributed by atoms with van der Waals surface area (Å²) in [5, 5.41) is 2.79. The third-order valence-electron chi connectivity index (χ3n) is 4.48. The van der Waals surface area contributed by atoms with Crippen LogP contribution in [0.1, 0.15) is 50.3 Å². The third-order valence-corrected chi connectivity index (χ3v) is 4.48. The highest BCUT2D eigenvalue weighted by molar-refractivity contribution is 6.09. The molecule has 0 aromatic heterocycles. The summed E-state index contributed by atoms with van der Waals surface area (Å²) < 4.78 is 0. The average Bonchev–Trinajstić information content (AvgIpc) is 2.68. The molecule has 1 saturated heterocycles. The van der Waals surface area contributed by atoms with Gasteiger partial charge in [0.05, 0.1) is 11.3 Å². The maximum Gasteiger partial charge on any atom is 0.255 e. The third kappa shape index (κ3) is 3.91. The molecule has 0 radical (unpaired) electrons. The molecule has 6 nitrogen and oxygen atoms in total. The van der Waals surface area contributed by atoms with Crippen molar-refractivity contribution in [3.63, 3.8) is 0 Å². The lowest BCUT2D eigenvalue weighted by Crippen LogP contribution is -2.36. The minimum absolute atomic E-state index is 0.0651. The minimum atomic E-state index is -0.547. The van der Waals surface area contributed by atoms with Gasteiger partial charge in [0, 0.05) is 24.2 Å². The van der Waals surface area contributed by atoms with Gasteiger partial charge in [0.1, 0.15) is 0 Å². The van der Waals surface area contributed by atoms with Crippen LogP contribution in [0.2, 0.25) is 0 Å². The molecule has 0 aliphatic carbocycles.